The van der Waals surface area contributed by atoms with E-state index in [9.17, 15) is 0 Å². The van der Waals surface area contributed by atoms with E-state index in [-0.39, 0.29) is 6.04 Å². The molecular weight excluding hydrogens is 240 g/mol. The van der Waals surface area contributed by atoms with Crippen molar-refractivity contribution < 1.29 is 4.42 Å². The van der Waals surface area contributed by atoms with Crippen LogP contribution in [0, 0.1) is 13.8 Å². The lowest BCUT2D eigenvalue weighted by molar-refractivity contribution is 0.430. The highest BCUT2D eigenvalue weighted by atomic mass is 16.4. The van der Waals surface area contributed by atoms with Gasteiger partial charge >= 0.3 is 6.01 Å². The zero-order valence-corrected chi connectivity index (χ0v) is 11.8. The third kappa shape index (κ3) is 3.54. The molecule has 5 nitrogen and oxygen atoms in total. The molecule has 0 amide bonds. The Morgan fingerprint density at radius 1 is 1.16 bits per heavy atom. The Bertz CT molecular complexity index is 530. The van der Waals surface area contributed by atoms with Crippen molar-refractivity contribution in [2.45, 2.75) is 33.7 Å². The molecule has 5 heteroatoms. The van der Waals surface area contributed by atoms with Crippen LogP contribution in [0.15, 0.2) is 22.6 Å². The summed E-state index contributed by atoms with van der Waals surface area (Å²) in [5.41, 5.74) is 3.36. The Kier molecular flexibility index (Phi) is 4.16. The number of rotatable bonds is 5. The number of aromatic nitrogens is 2. The van der Waals surface area contributed by atoms with E-state index in [0.29, 0.717) is 11.9 Å². The predicted octanol–water partition coefficient (Wildman–Crippen LogP) is 3.10. The van der Waals surface area contributed by atoms with Gasteiger partial charge in [-0.2, -0.15) is 0 Å². The molecule has 0 bridgehead atoms. The number of hydrogen-bond acceptors (Lipinski definition) is 5. The van der Waals surface area contributed by atoms with Gasteiger partial charge in [-0.1, -0.05) is 18.1 Å². The van der Waals surface area contributed by atoms with Gasteiger partial charge in [0.15, 0.2) is 0 Å². The van der Waals surface area contributed by atoms with E-state index in [1.54, 1.807) is 0 Å². The van der Waals surface area contributed by atoms with Gasteiger partial charge in [-0.25, -0.2) is 0 Å². The third-order valence-electron chi connectivity index (χ3n) is 2.79. The lowest BCUT2D eigenvalue weighted by Gasteiger charge is -2.06. The van der Waals surface area contributed by atoms with Crippen LogP contribution >= 0.6 is 0 Å². The molecule has 0 aliphatic rings. The number of benzene rings is 1. The van der Waals surface area contributed by atoms with Gasteiger partial charge in [0.05, 0.1) is 6.04 Å². The molecule has 1 atom stereocenters. The molecule has 1 aromatic carbocycles. The topological polar surface area (TPSA) is 63.0 Å². The van der Waals surface area contributed by atoms with Crippen molar-refractivity contribution in [3.05, 3.63) is 35.2 Å². The van der Waals surface area contributed by atoms with Gasteiger partial charge in [-0.3, -0.25) is 0 Å². The summed E-state index contributed by atoms with van der Waals surface area (Å²) in [6.07, 6.45) is 0. The number of nitrogens with one attached hydrogen (secondary N) is 2. The summed E-state index contributed by atoms with van der Waals surface area (Å²) in [4.78, 5) is 0. The molecule has 0 aliphatic carbocycles. The zero-order valence-electron chi connectivity index (χ0n) is 11.8. The maximum absolute atomic E-state index is 5.59. The van der Waals surface area contributed by atoms with E-state index < -0.39 is 0 Å². The molecule has 2 N–H and O–H groups in total. The van der Waals surface area contributed by atoms with Crippen LogP contribution in [0.25, 0.3) is 0 Å². The summed E-state index contributed by atoms with van der Waals surface area (Å²) in [6, 6.07) is 6.70. The quantitative estimate of drug-likeness (QED) is 0.865. The first-order chi connectivity index (χ1) is 9.08. The van der Waals surface area contributed by atoms with Gasteiger partial charge in [0.1, 0.15) is 0 Å². The minimum Gasteiger partial charge on any atom is -0.406 e. The van der Waals surface area contributed by atoms with E-state index in [2.05, 4.69) is 40.7 Å². The lowest BCUT2D eigenvalue weighted by Crippen LogP contribution is -2.17. The van der Waals surface area contributed by atoms with Crippen molar-refractivity contribution >= 4 is 11.7 Å². The molecule has 0 aliphatic heterocycles. The first-order valence-electron chi connectivity index (χ1n) is 6.50. The SMILES string of the molecule is CCNC(C)c1nnc(Nc2cc(C)cc(C)c2)o1. The van der Waals surface area contributed by atoms with Gasteiger partial charge in [0.2, 0.25) is 5.89 Å². The largest absolute Gasteiger partial charge is 0.406 e. The normalized spacial score (nSPS) is 12.4. The molecule has 0 spiro atoms. The molecule has 1 aromatic heterocycles. The van der Waals surface area contributed by atoms with Crippen LogP contribution in [-0.2, 0) is 0 Å². The molecule has 0 saturated carbocycles. The third-order valence-corrected chi connectivity index (χ3v) is 2.79. The van der Waals surface area contributed by atoms with E-state index in [1.165, 1.54) is 11.1 Å². The van der Waals surface area contributed by atoms with E-state index in [1.807, 2.05) is 26.0 Å². The van der Waals surface area contributed by atoms with Crippen molar-refractivity contribution in [1.82, 2.24) is 15.5 Å². The fraction of sp³-hybridized carbons (Fsp3) is 0.429. The summed E-state index contributed by atoms with van der Waals surface area (Å²) in [6.45, 7) is 9.03. The monoisotopic (exact) mass is 260 g/mol. The number of aryl methyl sites for hydroxylation is 2. The van der Waals surface area contributed by atoms with Crippen molar-refractivity contribution in [1.29, 1.82) is 0 Å². The zero-order chi connectivity index (χ0) is 13.8. The molecule has 0 saturated heterocycles. The highest BCUT2D eigenvalue weighted by Gasteiger charge is 2.12. The lowest BCUT2D eigenvalue weighted by atomic mass is 10.1. The average molecular weight is 260 g/mol. The van der Waals surface area contributed by atoms with Gasteiger partial charge in [0.25, 0.3) is 0 Å². The summed E-state index contributed by atoms with van der Waals surface area (Å²) in [5.74, 6) is 0.591. The second kappa shape index (κ2) is 5.84. The molecular formula is C14H20N4O. The molecule has 1 unspecified atom stereocenters. The predicted molar refractivity (Wildman–Crippen MR) is 75.6 cm³/mol. The Hall–Kier alpha value is -1.88. The number of nitrogens with zero attached hydrogens (tertiary/aromatic N) is 2. The van der Waals surface area contributed by atoms with Crippen LogP contribution in [0.2, 0.25) is 0 Å². The van der Waals surface area contributed by atoms with Crippen LogP contribution < -0.4 is 10.6 Å². The van der Waals surface area contributed by atoms with Crippen molar-refractivity contribution in [3.8, 4) is 0 Å². The van der Waals surface area contributed by atoms with Crippen molar-refractivity contribution in [3.63, 3.8) is 0 Å². The Morgan fingerprint density at radius 2 is 1.84 bits per heavy atom. The summed E-state index contributed by atoms with van der Waals surface area (Å²) in [5, 5.41) is 14.4. The fourth-order valence-electron chi connectivity index (χ4n) is 2.02. The van der Waals surface area contributed by atoms with Crippen LogP contribution in [-0.4, -0.2) is 16.7 Å². The molecule has 19 heavy (non-hydrogen) atoms. The second-order valence-electron chi connectivity index (χ2n) is 4.73. The second-order valence-corrected chi connectivity index (χ2v) is 4.73. The van der Waals surface area contributed by atoms with Crippen LogP contribution in [0.1, 0.15) is 36.9 Å². The maximum atomic E-state index is 5.59. The molecule has 1 heterocycles. The van der Waals surface area contributed by atoms with Gasteiger partial charge < -0.3 is 15.1 Å². The van der Waals surface area contributed by atoms with Gasteiger partial charge in [0, 0.05) is 5.69 Å². The van der Waals surface area contributed by atoms with Gasteiger partial charge in [-0.05, 0) is 50.6 Å². The van der Waals surface area contributed by atoms with Crippen molar-refractivity contribution in [2.75, 3.05) is 11.9 Å². The number of anilines is 2. The summed E-state index contributed by atoms with van der Waals surface area (Å²) < 4.78 is 5.59. The molecule has 2 rings (SSSR count). The van der Waals surface area contributed by atoms with Crippen LogP contribution in [0.4, 0.5) is 11.7 Å². The highest BCUT2D eigenvalue weighted by molar-refractivity contribution is 5.54. The molecule has 2 aromatic rings. The first kappa shape index (κ1) is 13.5. The smallest absolute Gasteiger partial charge is 0.320 e. The van der Waals surface area contributed by atoms with Crippen LogP contribution in [0.5, 0.6) is 0 Å². The molecule has 0 radical (unpaired) electrons. The van der Waals surface area contributed by atoms with Crippen LogP contribution in [0.3, 0.4) is 0 Å². The first-order valence-corrected chi connectivity index (χ1v) is 6.50. The summed E-state index contributed by atoms with van der Waals surface area (Å²) in [7, 11) is 0. The minimum absolute atomic E-state index is 0.0623. The Morgan fingerprint density at radius 3 is 2.47 bits per heavy atom. The average Bonchev–Trinajstić information content (AvgIpc) is 2.76. The summed E-state index contributed by atoms with van der Waals surface area (Å²) >= 11 is 0. The van der Waals surface area contributed by atoms with Crippen molar-refractivity contribution in [2.24, 2.45) is 0 Å². The molecule has 0 fully saturated rings. The van der Waals surface area contributed by atoms with E-state index >= 15 is 0 Å². The van der Waals surface area contributed by atoms with E-state index in [4.69, 9.17) is 4.42 Å². The minimum atomic E-state index is 0.0623. The Labute approximate surface area is 113 Å². The maximum Gasteiger partial charge on any atom is 0.320 e. The molecule has 102 valence electrons. The number of hydrogen-bond donors (Lipinski definition) is 2. The van der Waals surface area contributed by atoms with E-state index in [0.717, 1.165) is 12.2 Å². The highest BCUT2D eigenvalue weighted by Crippen LogP contribution is 2.20. The Balaban J connectivity index is 2.11. The fourth-order valence-corrected chi connectivity index (χ4v) is 2.02. The van der Waals surface area contributed by atoms with Gasteiger partial charge in [-0.15, -0.1) is 5.10 Å². The standard InChI is InChI=1S/C14H20N4O/c1-5-15-11(4)13-17-18-14(19-13)16-12-7-9(2)6-10(3)8-12/h6-8,11,15H,5H2,1-4H3,(H,16,18).